The summed E-state index contributed by atoms with van der Waals surface area (Å²) in [6.45, 7) is 0. The van der Waals surface area contributed by atoms with Crippen LogP contribution in [0.15, 0.2) is 0 Å². The number of rotatable bonds is 3. The van der Waals surface area contributed by atoms with Crippen LogP contribution in [0.25, 0.3) is 0 Å². The zero-order valence-electron chi connectivity index (χ0n) is 6.83. The standard InChI is InChI=1S/Na.H2O8S2.H2O3S/c;1-7-10(5,6)8-9(2,3)4;1-4(2)3/h;1H,(H,2,3,4);(H2,1,2,3)/q+1;;/p-1. The van der Waals surface area contributed by atoms with Crippen LogP contribution in [-0.2, 0) is 40.1 Å². The van der Waals surface area contributed by atoms with Crippen LogP contribution >= 0.6 is 0 Å². The zero-order chi connectivity index (χ0) is 12.0. The smallest absolute Gasteiger partial charge is 0.750 e. The minimum Gasteiger partial charge on any atom is -0.750 e. The Morgan fingerprint density at radius 3 is 1.53 bits per heavy atom. The molecule has 0 aliphatic rings. The monoisotopic (exact) mass is 298 g/mol. The van der Waals surface area contributed by atoms with Crippen LogP contribution in [0.1, 0.15) is 0 Å². The summed E-state index contributed by atoms with van der Waals surface area (Å²) >= 11 is -2.86. The summed E-state index contributed by atoms with van der Waals surface area (Å²) in [4.78, 5) is 0. The minimum absolute atomic E-state index is 0. The first kappa shape index (κ1) is 21.1. The van der Waals surface area contributed by atoms with Gasteiger partial charge in [0.25, 0.3) is 0 Å². The second-order valence-electron chi connectivity index (χ2n) is 1.20. The van der Waals surface area contributed by atoms with Gasteiger partial charge in [-0.25, -0.2) is 9.47 Å². The Kier molecular flexibility index (Phi) is 12.5. The normalized spacial score (nSPS) is 13.1. The van der Waals surface area contributed by atoms with Crippen molar-refractivity contribution in [1.82, 2.24) is 0 Å². The van der Waals surface area contributed by atoms with E-state index in [1.807, 2.05) is 0 Å². The van der Waals surface area contributed by atoms with Gasteiger partial charge in [0.05, 0.1) is 11.4 Å². The molecule has 0 bridgehead atoms. The molecule has 0 heterocycles. The van der Waals surface area contributed by atoms with Gasteiger partial charge in [0.2, 0.25) is 0 Å². The van der Waals surface area contributed by atoms with Crippen LogP contribution < -0.4 is 29.6 Å². The minimum atomic E-state index is -5.17. The Morgan fingerprint density at radius 2 is 1.47 bits per heavy atom. The molecule has 88 valence electrons. The maximum absolute atomic E-state index is 9.78. The van der Waals surface area contributed by atoms with Crippen molar-refractivity contribution in [2.75, 3.05) is 0 Å². The van der Waals surface area contributed by atoms with Gasteiger partial charge in [0.15, 0.2) is 0 Å². The van der Waals surface area contributed by atoms with Gasteiger partial charge < -0.3 is 9.11 Å². The van der Waals surface area contributed by atoms with E-state index in [2.05, 4.69) is 7.96 Å². The van der Waals surface area contributed by atoms with E-state index in [9.17, 15) is 16.8 Å². The van der Waals surface area contributed by atoms with Crippen LogP contribution in [0.4, 0.5) is 0 Å². The Hall–Kier alpha value is 0.810. The van der Waals surface area contributed by atoms with Crippen LogP contribution in [0.5, 0.6) is 0 Å². The Bertz CT molecular complexity index is 355. The second-order valence-corrected chi connectivity index (χ2v) is 4.00. The third-order valence-electron chi connectivity index (χ3n) is 0.261. The molecule has 1 atom stereocenters. The van der Waals surface area contributed by atoms with Crippen molar-refractivity contribution >= 4 is 32.2 Å². The molecule has 11 nitrogen and oxygen atoms in total. The van der Waals surface area contributed by atoms with E-state index in [0.717, 1.165) is 0 Å². The zero-order valence-corrected chi connectivity index (χ0v) is 11.3. The summed E-state index contributed by atoms with van der Waals surface area (Å²) in [5, 5.41) is 7.37. The van der Waals surface area contributed by atoms with E-state index in [4.69, 9.17) is 23.1 Å². The first-order valence-corrected chi connectivity index (χ1v) is 5.78. The van der Waals surface area contributed by atoms with Gasteiger partial charge in [-0.15, -0.1) is 0 Å². The summed E-state index contributed by atoms with van der Waals surface area (Å²) in [6, 6.07) is 0. The Morgan fingerprint density at radius 1 is 1.20 bits per heavy atom. The topological polar surface area (TPSA) is 188 Å². The molecule has 0 radical (unpaired) electrons. The molecule has 1 unspecified atom stereocenters. The molecule has 15 heteroatoms. The van der Waals surface area contributed by atoms with Crippen LogP contribution in [-0.4, -0.2) is 40.0 Å². The molecule has 0 fully saturated rings. The summed E-state index contributed by atoms with van der Waals surface area (Å²) in [5.74, 6) is 0. The van der Waals surface area contributed by atoms with E-state index in [-0.39, 0.29) is 29.6 Å². The Balaban J connectivity index is -0.000000249. The van der Waals surface area contributed by atoms with Crippen molar-refractivity contribution in [2.45, 2.75) is 0 Å². The molecule has 0 aromatic rings. The van der Waals surface area contributed by atoms with Crippen LogP contribution in [0.3, 0.4) is 0 Å². The van der Waals surface area contributed by atoms with Crippen LogP contribution in [0, 0.1) is 0 Å². The van der Waals surface area contributed by atoms with Crippen molar-refractivity contribution in [3.8, 4) is 0 Å². The summed E-state index contributed by atoms with van der Waals surface area (Å²) in [5.41, 5.74) is 0. The van der Waals surface area contributed by atoms with Gasteiger partial charge in [-0.3, -0.25) is 4.55 Å². The van der Waals surface area contributed by atoms with E-state index in [1.165, 1.54) is 0 Å². The van der Waals surface area contributed by atoms with E-state index < -0.39 is 32.2 Å². The maximum atomic E-state index is 9.78. The molecule has 0 rings (SSSR count). The summed E-state index contributed by atoms with van der Waals surface area (Å²) in [6.07, 6.45) is 0. The fraction of sp³-hybridized carbons (Fsp3) is 0. The summed E-state index contributed by atoms with van der Waals surface area (Å²) < 4.78 is 75.8. The van der Waals surface area contributed by atoms with Gasteiger partial charge in [-0.2, -0.15) is 16.8 Å². The molecule has 0 saturated carbocycles. The van der Waals surface area contributed by atoms with Crippen molar-refractivity contribution < 1.29 is 77.5 Å². The van der Waals surface area contributed by atoms with E-state index >= 15 is 0 Å². The number of hydrogen-bond acceptors (Lipinski definition) is 9. The molecule has 0 saturated heterocycles. The molecule has 0 aliphatic carbocycles. The molecule has 0 aromatic carbocycles. The molecule has 0 amide bonds. The average molecular weight is 298 g/mol. The van der Waals surface area contributed by atoms with Gasteiger partial charge in [-0.1, -0.05) is 7.96 Å². The van der Waals surface area contributed by atoms with Crippen molar-refractivity contribution in [3.05, 3.63) is 0 Å². The first-order chi connectivity index (χ1) is 6.00. The molecule has 15 heavy (non-hydrogen) atoms. The van der Waals surface area contributed by atoms with Gasteiger partial charge in [0, 0.05) is 0 Å². The molecular weight excluding hydrogens is 295 g/mol. The third-order valence-corrected chi connectivity index (χ3v) is 1.80. The third kappa shape index (κ3) is 25.3. The molecular formula is H3NaO11S3. The van der Waals surface area contributed by atoms with Crippen LogP contribution in [0.2, 0.25) is 0 Å². The second kappa shape index (κ2) is 8.90. The largest absolute Gasteiger partial charge is 1.00 e. The van der Waals surface area contributed by atoms with Gasteiger partial charge in [0.1, 0.15) is 0 Å². The average Bonchev–Trinajstić information content (AvgIpc) is 1.80. The van der Waals surface area contributed by atoms with Crippen molar-refractivity contribution in [1.29, 1.82) is 0 Å². The maximum Gasteiger partial charge on any atom is 1.00 e. The fourth-order valence-corrected chi connectivity index (χ4v) is 1.06. The van der Waals surface area contributed by atoms with E-state index in [0.29, 0.717) is 0 Å². The van der Waals surface area contributed by atoms with Gasteiger partial charge in [-0.05, 0) is 0 Å². The summed E-state index contributed by atoms with van der Waals surface area (Å²) in [7, 11) is -10.2. The fourth-order valence-electron chi connectivity index (χ4n) is 0.118. The van der Waals surface area contributed by atoms with Crippen molar-refractivity contribution in [2.24, 2.45) is 0 Å². The predicted molar refractivity (Wildman–Crippen MR) is 36.8 cm³/mol. The molecule has 0 spiro atoms. The van der Waals surface area contributed by atoms with Crippen molar-refractivity contribution in [3.63, 3.8) is 0 Å². The van der Waals surface area contributed by atoms with Gasteiger partial charge >= 0.3 is 50.4 Å². The first-order valence-electron chi connectivity index (χ1n) is 2.05. The number of hydrogen-bond donors (Lipinski definition) is 3. The SMILES string of the molecule is O=S(=O)(O)OS(=O)(=O)OO.O=S([O-])O.[Na+]. The predicted octanol–water partition coefficient (Wildman–Crippen LogP) is -5.12. The molecule has 3 N–H and O–H groups in total. The van der Waals surface area contributed by atoms with E-state index in [1.54, 1.807) is 0 Å². The molecule has 0 aromatic heterocycles. The Labute approximate surface area is 109 Å². The molecule has 0 aliphatic heterocycles. The quantitative estimate of drug-likeness (QED) is 0.148.